The fourth-order valence-corrected chi connectivity index (χ4v) is 3.48. The number of unbranched alkanes of at least 4 members (excludes halogenated alkanes) is 11. The molecule has 0 aromatic rings. The first-order valence-electron chi connectivity index (χ1n) is 11.1. The van der Waals surface area contributed by atoms with Crippen molar-refractivity contribution in [2.24, 2.45) is 11.3 Å². The lowest BCUT2D eigenvalue weighted by Gasteiger charge is -2.19. The molecule has 0 saturated carbocycles. The van der Waals surface area contributed by atoms with Gasteiger partial charge in [0, 0.05) is 5.97 Å². The second-order valence-corrected chi connectivity index (χ2v) is 9.15. The highest BCUT2D eigenvalue weighted by atomic mass is 16.4. The molecule has 0 rings (SSSR count). The van der Waals surface area contributed by atoms with Crippen molar-refractivity contribution in [1.29, 1.82) is 0 Å². The number of carbonyl (C=O) groups excluding carboxylic acids is 1. The molecule has 0 saturated heterocycles. The van der Waals surface area contributed by atoms with Crippen LogP contribution < -0.4 is 11.3 Å². The maximum atomic E-state index is 11.3. The molecule has 1 unspecified atom stereocenters. The highest BCUT2D eigenvalue weighted by Gasteiger charge is 2.11. The van der Waals surface area contributed by atoms with Crippen LogP contribution in [0.2, 0.25) is 0 Å². The number of carbonyl (C=O) groups is 1. The molecule has 158 valence electrons. The van der Waals surface area contributed by atoms with Crippen LogP contribution in [0, 0.1) is 11.3 Å². The van der Waals surface area contributed by atoms with Crippen LogP contribution in [0.3, 0.4) is 0 Å². The Morgan fingerprint density at radius 1 is 0.731 bits per heavy atom. The number of hydrogen-bond donors (Lipinski definition) is 1. The lowest BCUT2D eigenvalue weighted by atomic mass is 9.88. The summed E-state index contributed by atoms with van der Waals surface area (Å²) in [6, 6.07) is 0. The summed E-state index contributed by atoms with van der Waals surface area (Å²) in [5, 5.41) is 11.3. The van der Waals surface area contributed by atoms with Gasteiger partial charge in [0.25, 0.3) is 0 Å². The molecule has 0 heterocycles. The highest BCUT2D eigenvalue weighted by Crippen LogP contribution is 2.24. The molecule has 0 aromatic heterocycles. The van der Waals surface area contributed by atoms with Crippen LogP contribution in [-0.2, 0) is 4.79 Å². The molecule has 0 aliphatic carbocycles. The van der Waals surface area contributed by atoms with Crippen LogP contribution in [0.1, 0.15) is 130 Å². The molecule has 0 bridgehead atoms. The SMILES string of the molecule is CCCCCCCCCCCCC(CCCCCC(C)(C)C)C(=O)[O-].[NH4+]. The largest absolute Gasteiger partial charge is 0.550 e. The van der Waals surface area contributed by atoms with Crippen molar-refractivity contribution in [2.75, 3.05) is 0 Å². The van der Waals surface area contributed by atoms with Crippen LogP contribution in [0.5, 0.6) is 0 Å². The molecule has 0 spiro atoms. The highest BCUT2D eigenvalue weighted by molar-refractivity contribution is 5.67. The average molecular weight is 372 g/mol. The van der Waals surface area contributed by atoms with Gasteiger partial charge in [-0.2, -0.15) is 0 Å². The Hall–Kier alpha value is -0.570. The third kappa shape index (κ3) is 19.8. The molecule has 0 amide bonds. The first-order valence-corrected chi connectivity index (χ1v) is 11.1. The standard InChI is InChI=1S/C23H46O2.H3N/c1-5-6-7-8-9-10-11-12-13-15-18-21(22(24)25)19-16-14-17-20-23(2,3)4;/h21H,5-20H2,1-4H3,(H,24,25);1H3. The van der Waals surface area contributed by atoms with Gasteiger partial charge in [-0.25, -0.2) is 0 Å². The van der Waals surface area contributed by atoms with Crippen LogP contribution in [0.4, 0.5) is 0 Å². The third-order valence-corrected chi connectivity index (χ3v) is 5.22. The second kappa shape index (κ2) is 17.8. The summed E-state index contributed by atoms with van der Waals surface area (Å²) in [4.78, 5) is 11.3. The van der Waals surface area contributed by atoms with Gasteiger partial charge < -0.3 is 16.1 Å². The van der Waals surface area contributed by atoms with Crippen molar-refractivity contribution in [3.63, 3.8) is 0 Å². The van der Waals surface area contributed by atoms with E-state index in [9.17, 15) is 9.90 Å². The smallest absolute Gasteiger partial charge is 0.0445 e. The Kier molecular flexibility index (Phi) is 19.0. The molecule has 4 N–H and O–H groups in total. The number of carboxylic acids is 1. The summed E-state index contributed by atoms with van der Waals surface area (Å²) in [6.45, 7) is 9.05. The number of hydrogen-bond acceptors (Lipinski definition) is 2. The Bertz CT molecular complexity index is 310. The number of aliphatic carboxylic acids is 1. The van der Waals surface area contributed by atoms with Gasteiger partial charge in [-0.15, -0.1) is 0 Å². The summed E-state index contributed by atoms with van der Waals surface area (Å²) >= 11 is 0. The zero-order valence-corrected chi connectivity index (χ0v) is 18.7. The maximum Gasteiger partial charge on any atom is 0.0445 e. The van der Waals surface area contributed by atoms with Crippen molar-refractivity contribution < 1.29 is 9.90 Å². The lowest BCUT2D eigenvalue weighted by molar-refractivity contribution is -0.312. The summed E-state index contributed by atoms with van der Waals surface area (Å²) < 4.78 is 0. The van der Waals surface area contributed by atoms with E-state index in [0.29, 0.717) is 5.41 Å². The predicted octanol–water partition coefficient (Wildman–Crippen LogP) is 7.04. The fraction of sp³-hybridized carbons (Fsp3) is 0.957. The minimum absolute atomic E-state index is 0. The number of carboxylic acid groups (broad SMARTS) is 1. The monoisotopic (exact) mass is 371 g/mol. The summed E-state index contributed by atoms with van der Waals surface area (Å²) in [6.07, 6.45) is 19.2. The topological polar surface area (TPSA) is 76.6 Å². The third-order valence-electron chi connectivity index (χ3n) is 5.22. The van der Waals surface area contributed by atoms with Crippen molar-refractivity contribution in [3.8, 4) is 0 Å². The molecule has 3 nitrogen and oxygen atoms in total. The van der Waals surface area contributed by atoms with Gasteiger partial charge in [0.15, 0.2) is 0 Å². The van der Waals surface area contributed by atoms with Gasteiger partial charge in [0.05, 0.1) is 0 Å². The normalized spacial score (nSPS) is 12.6. The van der Waals surface area contributed by atoms with Crippen molar-refractivity contribution in [2.45, 2.75) is 130 Å². The second-order valence-electron chi connectivity index (χ2n) is 9.15. The molecule has 0 aromatic carbocycles. The van der Waals surface area contributed by atoms with Gasteiger partial charge in [-0.05, 0) is 30.6 Å². The fourth-order valence-electron chi connectivity index (χ4n) is 3.48. The van der Waals surface area contributed by atoms with E-state index >= 15 is 0 Å². The predicted molar refractivity (Wildman–Crippen MR) is 113 cm³/mol. The van der Waals surface area contributed by atoms with Gasteiger partial charge in [-0.1, -0.05) is 111 Å². The van der Waals surface area contributed by atoms with E-state index in [0.717, 1.165) is 32.1 Å². The van der Waals surface area contributed by atoms with Crippen LogP contribution >= 0.6 is 0 Å². The van der Waals surface area contributed by atoms with Crippen LogP contribution in [0.15, 0.2) is 0 Å². The van der Waals surface area contributed by atoms with E-state index in [1.54, 1.807) is 0 Å². The van der Waals surface area contributed by atoms with E-state index in [-0.39, 0.29) is 12.1 Å². The van der Waals surface area contributed by atoms with Crippen molar-refractivity contribution in [3.05, 3.63) is 0 Å². The molecular weight excluding hydrogens is 322 g/mol. The quantitative estimate of drug-likeness (QED) is 0.278. The average Bonchev–Trinajstić information content (AvgIpc) is 2.53. The van der Waals surface area contributed by atoms with Crippen LogP contribution in [-0.4, -0.2) is 5.97 Å². The van der Waals surface area contributed by atoms with Crippen molar-refractivity contribution in [1.82, 2.24) is 6.15 Å². The Morgan fingerprint density at radius 3 is 1.50 bits per heavy atom. The minimum atomic E-state index is -0.827. The Balaban J connectivity index is 0. The van der Waals surface area contributed by atoms with E-state index in [4.69, 9.17) is 0 Å². The summed E-state index contributed by atoms with van der Waals surface area (Å²) in [5.41, 5.74) is 0.393. The molecular formula is C23H49NO2. The maximum absolute atomic E-state index is 11.3. The Morgan fingerprint density at radius 2 is 1.12 bits per heavy atom. The molecule has 0 aliphatic rings. The molecule has 1 atom stereocenters. The van der Waals surface area contributed by atoms with E-state index < -0.39 is 5.97 Å². The first kappa shape index (κ1) is 27.6. The molecule has 3 heteroatoms. The van der Waals surface area contributed by atoms with Gasteiger partial charge in [0.1, 0.15) is 0 Å². The molecule has 0 fully saturated rings. The number of quaternary nitrogens is 1. The molecule has 0 aliphatic heterocycles. The molecule has 26 heavy (non-hydrogen) atoms. The van der Waals surface area contributed by atoms with E-state index in [2.05, 4.69) is 27.7 Å². The van der Waals surface area contributed by atoms with Gasteiger partial charge in [-0.3, -0.25) is 0 Å². The first-order chi connectivity index (χ1) is 11.9. The van der Waals surface area contributed by atoms with Gasteiger partial charge in [0.2, 0.25) is 0 Å². The van der Waals surface area contributed by atoms with Gasteiger partial charge >= 0.3 is 0 Å². The van der Waals surface area contributed by atoms with E-state index in [1.165, 1.54) is 70.6 Å². The Labute approximate surface area is 164 Å². The number of rotatable bonds is 17. The zero-order chi connectivity index (χ0) is 19.0. The minimum Gasteiger partial charge on any atom is -0.550 e. The summed E-state index contributed by atoms with van der Waals surface area (Å²) in [7, 11) is 0. The van der Waals surface area contributed by atoms with Crippen LogP contribution in [0.25, 0.3) is 0 Å². The summed E-state index contributed by atoms with van der Waals surface area (Å²) in [5.74, 6) is -1.05. The lowest BCUT2D eigenvalue weighted by Crippen LogP contribution is -2.31. The molecule has 0 radical (unpaired) electrons. The zero-order valence-electron chi connectivity index (χ0n) is 18.7. The van der Waals surface area contributed by atoms with Crippen molar-refractivity contribution >= 4 is 5.97 Å². The van der Waals surface area contributed by atoms with E-state index in [1.807, 2.05) is 0 Å².